The number of hydrazine groups is 1. The molecule has 3 N–H and O–H groups in total. The number of para-hydroxylation sites is 2. The first-order valence-electron chi connectivity index (χ1n) is 8.57. The highest BCUT2D eigenvalue weighted by atomic mass is 32.1. The number of thiazole rings is 1. The molecule has 144 valence electrons. The first-order chi connectivity index (χ1) is 13.6. The molecule has 0 saturated carbocycles. The van der Waals surface area contributed by atoms with Crippen LogP contribution in [0.3, 0.4) is 0 Å². The second-order valence-electron chi connectivity index (χ2n) is 5.86. The van der Waals surface area contributed by atoms with Crippen molar-refractivity contribution in [3.63, 3.8) is 0 Å². The fraction of sp³-hybridized carbons (Fsp3) is 0.150. The lowest BCUT2D eigenvalue weighted by Gasteiger charge is -2.11. The smallest absolute Gasteiger partial charge is 0.281 e. The minimum Gasteiger partial charge on any atom is -0.495 e. The van der Waals surface area contributed by atoms with Crippen molar-refractivity contribution in [1.29, 1.82) is 0 Å². The highest BCUT2D eigenvalue weighted by Gasteiger charge is 2.16. The van der Waals surface area contributed by atoms with Gasteiger partial charge in [0.1, 0.15) is 15.6 Å². The zero-order valence-electron chi connectivity index (χ0n) is 15.5. The van der Waals surface area contributed by atoms with E-state index < -0.39 is 5.91 Å². The van der Waals surface area contributed by atoms with E-state index in [1.165, 1.54) is 11.3 Å². The highest BCUT2D eigenvalue weighted by Crippen LogP contribution is 2.27. The number of amides is 2. The summed E-state index contributed by atoms with van der Waals surface area (Å²) in [5.41, 5.74) is 7.08. The fourth-order valence-electron chi connectivity index (χ4n) is 2.50. The Kier molecular flexibility index (Phi) is 6.23. The van der Waals surface area contributed by atoms with E-state index in [2.05, 4.69) is 21.2 Å². The molecular weight excluding hydrogens is 376 g/mol. The molecule has 0 atom stereocenters. The fourth-order valence-corrected chi connectivity index (χ4v) is 3.47. The van der Waals surface area contributed by atoms with Crippen LogP contribution >= 0.6 is 11.3 Å². The summed E-state index contributed by atoms with van der Waals surface area (Å²) in [6, 6.07) is 16.9. The van der Waals surface area contributed by atoms with Gasteiger partial charge in [0.2, 0.25) is 0 Å². The van der Waals surface area contributed by atoms with Crippen molar-refractivity contribution in [3.8, 4) is 16.3 Å². The van der Waals surface area contributed by atoms with Crippen LogP contribution in [0.25, 0.3) is 10.6 Å². The van der Waals surface area contributed by atoms with Crippen LogP contribution < -0.4 is 20.9 Å². The van der Waals surface area contributed by atoms with E-state index in [-0.39, 0.29) is 12.5 Å². The molecule has 0 bridgehead atoms. The average Bonchev–Trinajstić information content (AvgIpc) is 3.13. The maximum atomic E-state index is 12.4. The molecule has 0 unspecified atom stereocenters. The average molecular weight is 396 g/mol. The number of methoxy groups -OCH3 is 1. The third-order valence-corrected chi connectivity index (χ3v) is 5.09. The molecule has 7 nitrogen and oxygen atoms in total. The van der Waals surface area contributed by atoms with Crippen LogP contribution in [0.1, 0.15) is 15.4 Å². The molecule has 0 aliphatic heterocycles. The van der Waals surface area contributed by atoms with Crippen molar-refractivity contribution in [2.24, 2.45) is 0 Å². The molecule has 28 heavy (non-hydrogen) atoms. The Bertz CT molecular complexity index is 973. The lowest BCUT2D eigenvalue weighted by atomic mass is 10.2. The van der Waals surface area contributed by atoms with Crippen molar-refractivity contribution in [2.75, 3.05) is 19.0 Å². The summed E-state index contributed by atoms with van der Waals surface area (Å²) in [6.07, 6.45) is 0. The third-order valence-electron chi connectivity index (χ3n) is 3.89. The first-order valence-corrected chi connectivity index (χ1v) is 9.39. The predicted molar refractivity (Wildman–Crippen MR) is 109 cm³/mol. The minimum atomic E-state index is -0.400. The second-order valence-corrected chi connectivity index (χ2v) is 6.85. The Morgan fingerprint density at radius 2 is 1.75 bits per heavy atom. The van der Waals surface area contributed by atoms with Crippen LogP contribution in [0.15, 0.2) is 54.6 Å². The van der Waals surface area contributed by atoms with Crippen molar-refractivity contribution >= 4 is 28.8 Å². The lowest BCUT2D eigenvalue weighted by molar-refractivity contribution is -0.120. The topological polar surface area (TPSA) is 92.4 Å². The van der Waals surface area contributed by atoms with Gasteiger partial charge < -0.3 is 10.1 Å². The third kappa shape index (κ3) is 4.66. The van der Waals surface area contributed by atoms with Crippen LogP contribution in [0, 0.1) is 6.92 Å². The van der Waals surface area contributed by atoms with Crippen LogP contribution in [-0.2, 0) is 4.79 Å². The summed E-state index contributed by atoms with van der Waals surface area (Å²) in [6.45, 7) is 1.75. The molecule has 0 saturated heterocycles. The molecule has 3 aromatic rings. The van der Waals surface area contributed by atoms with Gasteiger partial charge in [-0.25, -0.2) is 4.98 Å². The first kappa shape index (κ1) is 19.4. The Balaban J connectivity index is 1.55. The van der Waals surface area contributed by atoms with Gasteiger partial charge in [0.25, 0.3) is 11.8 Å². The second kappa shape index (κ2) is 9.01. The molecule has 0 aliphatic carbocycles. The number of carbonyl (C=O) groups excluding carboxylic acids is 2. The summed E-state index contributed by atoms with van der Waals surface area (Å²) in [5, 5.41) is 3.72. The zero-order chi connectivity index (χ0) is 19.9. The van der Waals surface area contributed by atoms with Crippen LogP contribution in [-0.4, -0.2) is 30.5 Å². The Morgan fingerprint density at radius 1 is 1.04 bits per heavy atom. The molecule has 0 aliphatic rings. The van der Waals surface area contributed by atoms with Crippen LogP contribution in [0.2, 0.25) is 0 Å². The standard InChI is InChI=1S/C20H20N4O3S/c1-13-18(28-20(22-13)14-8-4-3-5-9-14)19(26)24-23-17(25)12-21-15-10-6-7-11-16(15)27-2/h3-11,21H,12H2,1-2H3,(H,23,25)(H,24,26). The molecule has 8 heteroatoms. The number of nitrogens with one attached hydrogen (secondary N) is 3. The van der Waals surface area contributed by atoms with Gasteiger partial charge in [-0.1, -0.05) is 42.5 Å². The van der Waals surface area contributed by atoms with E-state index >= 15 is 0 Å². The maximum absolute atomic E-state index is 12.4. The highest BCUT2D eigenvalue weighted by molar-refractivity contribution is 7.17. The largest absolute Gasteiger partial charge is 0.495 e. The van der Waals surface area contributed by atoms with Gasteiger partial charge in [-0.05, 0) is 19.1 Å². The Labute approximate surface area is 166 Å². The zero-order valence-corrected chi connectivity index (χ0v) is 16.3. The number of aryl methyl sites for hydroxylation is 1. The van der Waals surface area contributed by atoms with Gasteiger partial charge in [-0.2, -0.15) is 0 Å². The van der Waals surface area contributed by atoms with E-state index in [9.17, 15) is 9.59 Å². The van der Waals surface area contributed by atoms with E-state index in [4.69, 9.17) is 4.74 Å². The molecule has 1 aromatic heterocycles. The number of hydrogen-bond acceptors (Lipinski definition) is 6. The van der Waals surface area contributed by atoms with E-state index in [0.717, 1.165) is 10.6 Å². The minimum absolute atomic E-state index is 0.0163. The number of benzene rings is 2. The predicted octanol–water partition coefficient (Wildman–Crippen LogP) is 3.00. The summed E-state index contributed by atoms with van der Waals surface area (Å²) in [5.74, 6) is -0.152. The number of ether oxygens (including phenoxy) is 1. The maximum Gasteiger partial charge on any atom is 0.281 e. The number of hydrogen-bond donors (Lipinski definition) is 3. The van der Waals surface area contributed by atoms with Crippen molar-refractivity contribution in [3.05, 3.63) is 65.2 Å². The molecular formula is C20H20N4O3S. The van der Waals surface area contributed by atoms with E-state index in [1.54, 1.807) is 26.2 Å². The SMILES string of the molecule is COc1ccccc1NCC(=O)NNC(=O)c1sc(-c2ccccc2)nc1C. The molecule has 2 aromatic carbocycles. The number of anilines is 1. The van der Waals surface area contributed by atoms with Crippen molar-refractivity contribution in [2.45, 2.75) is 6.92 Å². The quantitative estimate of drug-likeness (QED) is 0.557. The Morgan fingerprint density at radius 3 is 2.50 bits per heavy atom. The van der Waals surface area contributed by atoms with Gasteiger partial charge in [-0.15, -0.1) is 11.3 Å². The molecule has 0 fully saturated rings. The number of nitrogens with zero attached hydrogens (tertiary/aromatic N) is 1. The normalized spacial score (nSPS) is 10.2. The van der Waals surface area contributed by atoms with Gasteiger partial charge in [0, 0.05) is 5.56 Å². The van der Waals surface area contributed by atoms with Gasteiger partial charge >= 0.3 is 0 Å². The van der Waals surface area contributed by atoms with Crippen molar-refractivity contribution in [1.82, 2.24) is 15.8 Å². The monoisotopic (exact) mass is 396 g/mol. The van der Waals surface area contributed by atoms with Crippen molar-refractivity contribution < 1.29 is 14.3 Å². The van der Waals surface area contributed by atoms with Gasteiger partial charge in [-0.3, -0.25) is 20.4 Å². The number of carbonyl (C=O) groups is 2. The van der Waals surface area contributed by atoms with E-state index in [0.29, 0.717) is 22.0 Å². The summed E-state index contributed by atoms with van der Waals surface area (Å²) >= 11 is 1.28. The molecule has 0 radical (unpaired) electrons. The molecule has 2 amide bonds. The summed E-state index contributed by atoms with van der Waals surface area (Å²) < 4.78 is 5.22. The molecule has 3 rings (SSSR count). The molecule has 0 spiro atoms. The summed E-state index contributed by atoms with van der Waals surface area (Å²) in [4.78, 5) is 29.3. The van der Waals surface area contributed by atoms with Gasteiger partial charge in [0.05, 0.1) is 25.0 Å². The van der Waals surface area contributed by atoms with E-state index in [1.807, 2.05) is 42.5 Å². The lowest BCUT2D eigenvalue weighted by Crippen LogP contribution is -2.44. The van der Waals surface area contributed by atoms with Gasteiger partial charge in [0.15, 0.2) is 0 Å². The van der Waals surface area contributed by atoms with Crippen LogP contribution in [0.5, 0.6) is 5.75 Å². The van der Waals surface area contributed by atoms with Crippen LogP contribution in [0.4, 0.5) is 5.69 Å². The summed E-state index contributed by atoms with van der Waals surface area (Å²) in [7, 11) is 1.56. The molecule has 1 heterocycles. The Hall–Kier alpha value is -3.39. The number of rotatable bonds is 6. The number of aromatic nitrogens is 1.